The molecule has 2 rings (SSSR count). The molecule has 1 aliphatic heterocycles. The van der Waals surface area contributed by atoms with Gasteiger partial charge in [0.25, 0.3) is 0 Å². The molecule has 1 atom stereocenters. The molecule has 1 aromatic rings. The minimum atomic E-state index is 0. The van der Waals surface area contributed by atoms with E-state index < -0.39 is 0 Å². The van der Waals surface area contributed by atoms with Crippen LogP contribution in [-0.4, -0.2) is 35.7 Å². The van der Waals surface area contributed by atoms with Gasteiger partial charge in [0.05, 0.1) is 0 Å². The quantitative estimate of drug-likeness (QED) is 0.865. The monoisotopic (exact) mass is 296 g/mol. The van der Waals surface area contributed by atoms with E-state index in [1.54, 1.807) is 17.0 Å². The van der Waals surface area contributed by atoms with Crippen molar-refractivity contribution in [3.8, 4) is 0 Å². The third-order valence-electron chi connectivity index (χ3n) is 3.47. The van der Waals surface area contributed by atoms with Gasteiger partial charge in [0.2, 0.25) is 5.91 Å². The maximum Gasteiger partial charge on any atom is 0.223 e. The van der Waals surface area contributed by atoms with Gasteiger partial charge in [0.1, 0.15) is 0 Å². The number of Topliss-reactive ketones (excluding diaryl/α,β-unsaturated/α-hetero) is 1. The molecule has 1 fully saturated rings. The Morgan fingerprint density at radius 1 is 1.20 bits per heavy atom. The van der Waals surface area contributed by atoms with Crippen LogP contribution in [0.3, 0.4) is 0 Å². The SMILES string of the molecule is Cl.NC1CCCN(C(=O)CCC(=O)c2ccccc2)C1. The molecule has 4 nitrogen and oxygen atoms in total. The zero-order chi connectivity index (χ0) is 13.7. The van der Waals surface area contributed by atoms with E-state index in [-0.39, 0.29) is 43.0 Å². The molecule has 5 heteroatoms. The summed E-state index contributed by atoms with van der Waals surface area (Å²) in [7, 11) is 0. The Bertz CT molecular complexity index is 450. The Kier molecular flexibility index (Phi) is 6.68. The van der Waals surface area contributed by atoms with Crippen molar-refractivity contribution >= 4 is 24.1 Å². The Hall–Kier alpha value is -1.39. The first-order chi connectivity index (χ1) is 9.16. The van der Waals surface area contributed by atoms with Crippen LogP contribution in [-0.2, 0) is 4.79 Å². The summed E-state index contributed by atoms with van der Waals surface area (Å²) in [6, 6.07) is 9.18. The molecular weight excluding hydrogens is 276 g/mol. The summed E-state index contributed by atoms with van der Waals surface area (Å²) in [5, 5.41) is 0. The highest BCUT2D eigenvalue weighted by Gasteiger charge is 2.21. The molecule has 0 saturated carbocycles. The van der Waals surface area contributed by atoms with Crippen molar-refractivity contribution in [2.45, 2.75) is 31.7 Å². The molecule has 20 heavy (non-hydrogen) atoms. The van der Waals surface area contributed by atoms with E-state index in [1.807, 2.05) is 18.2 Å². The molecule has 1 heterocycles. The summed E-state index contributed by atoms with van der Waals surface area (Å²) in [4.78, 5) is 25.7. The van der Waals surface area contributed by atoms with Crippen LogP contribution < -0.4 is 5.73 Å². The molecule has 0 spiro atoms. The van der Waals surface area contributed by atoms with Crippen LogP contribution in [0.4, 0.5) is 0 Å². The van der Waals surface area contributed by atoms with Gasteiger partial charge in [0.15, 0.2) is 5.78 Å². The summed E-state index contributed by atoms with van der Waals surface area (Å²) in [6.07, 6.45) is 2.49. The Morgan fingerprint density at radius 2 is 1.90 bits per heavy atom. The summed E-state index contributed by atoms with van der Waals surface area (Å²) in [5.74, 6) is 0.0645. The minimum absolute atomic E-state index is 0. The topological polar surface area (TPSA) is 63.4 Å². The summed E-state index contributed by atoms with van der Waals surface area (Å²) in [6.45, 7) is 1.39. The van der Waals surface area contributed by atoms with E-state index in [1.165, 1.54) is 0 Å². The third kappa shape index (κ3) is 4.62. The number of likely N-dealkylation sites (tertiary alicyclic amines) is 1. The first-order valence-corrected chi connectivity index (χ1v) is 6.78. The fourth-order valence-corrected chi connectivity index (χ4v) is 2.38. The number of benzene rings is 1. The Balaban J connectivity index is 0.00000200. The Labute approximate surface area is 125 Å². The molecule has 0 radical (unpaired) electrons. The second kappa shape index (κ2) is 8.02. The smallest absolute Gasteiger partial charge is 0.223 e. The second-order valence-corrected chi connectivity index (χ2v) is 5.03. The zero-order valence-electron chi connectivity index (χ0n) is 11.5. The van der Waals surface area contributed by atoms with Crippen LogP contribution in [0.1, 0.15) is 36.0 Å². The lowest BCUT2D eigenvalue weighted by molar-refractivity contribution is -0.132. The highest BCUT2D eigenvalue weighted by molar-refractivity contribution is 5.97. The number of hydrogen-bond acceptors (Lipinski definition) is 3. The predicted molar refractivity (Wildman–Crippen MR) is 81.0 cm³/mol. The van der Waals surface area contributed by atoms with Gasteiger partial charge in [0, 0.05) is 37.5 Å². The van der Waals surface area contributed by atoms with E-state index in [0.717, 1.165) is 19.4 Å². The van der Waals surface area contributed by atoms with Gasteiger partial charge < -0.3 is 10.6 Å². The van der Waals surface area contributed by atoms with Gasteiger partial charge in [-0.05, 0) is 12.8 Å². The molecule has 0 aliphatic carbocycles. The van der Waals surface area contributed by atoms with Crippen molar-refractivity contribution in [1.29, 1.82) is 0 Å². The molecule has 0 aromatic heterocycles. The van der Waals surface area contributed by atoms with Crippen molar-refractivity contribution in [2.24, 2.45) is 5.73 Å². The van der Waals surface area contributed by atoms with E-state index in [4.69, 9.17) is 5.73 Å². The van der Waals surface area contributed by atoms with Gasteiger partial charge in [-0.25, -0.2) is 0 Å². The van der Waals surface area contributed by atoms with E-state index in [2.05, 4.69) is 0 Å². The van der Waals surface area contributed by atoms with Crippen LogP contribution in [0.15, 0.2) is 30.3 Å². The highest BCUT2D eigenvalue weighted by Crippen LogP contribution is 2.12. The molecule has 1 aromatic carbocycles. The minimum Gasteiger partial charge on any atom is -0.341 e. The average molecular weight is 297 g/mol. The molecule has 1 aliphatic rings. The lowest BCUT2D eigenvalue weighted by atomic mass is 10.0. The van der Waals surface area contributed by atoms with Gasteiger partial charge in [-0.3, -0.25) is 9.59 Å². The lowest BCUT2D eigenvalue weighted by Gasteiger charge is -2.30. The average Bonchev–Trinajstić information content (AvgIpc) is 2.45. The number of hydrogen-bond donors (Lipinski definition) is 1. The normalized spacial score (nSPS) is 18.2. The molecule has 110 valence electrons. The summed E-state index contributed by atoms with van der Waals surface area (Å²) < 4.78 is 0. The number of nitrogens with zero attached hydrogens (tertiary/aromatic N) is 1. The fourth-order valence-electron chi connectivity index (χ4n) is 2.38. The van der Waals surface area contributed by atoms with Crippen molar-refractivity contribution in [3.63, 3.8) is 0 Å². The van der Waals surface area contributed by atoms with Gasteiger partial charge in [-0.15, -0.1) is 12.4 Å². The van der Waals surface area contributed by atoms with Gasteiger partial charge in [-0.1, -0.05) is 30.3 Å². The zero-order valence-corrected chi connectivity index (χ0v) is 12.3. The Morgan fingerprint density at radius 3 is 2.55 bits per heavy atom. The molecule has 1 saturated heterocycles. The number of nitrogens with two attached hydrogens (primary N) is 1. The number of amides is 1. The van der Waals surface area contributed by atoms with Crippen molar-refractivity contribution in [1.82, 2.24) is 4.90 Å². The van der Waals surface area contributed by atoms with Crippen LogP contribution in [0.25, 0.3) is 0 Å². The predicted octanol–water partition coefficient (Wildman–Crippen LogP) is 2.02. The second-order valence-electron chi connectivity index (χ2n) is 5.03. The summed E-state index contributed by atoms with van der Waals surface area (Å²) in [5.41, 5.74) is 6.52. The van der Waals surface area contributed by atoms with Crippen molar-refractivity contribution < 1.29 is 9.59 Å². The van der Waals surface area contributed by atoms with Crippen LogP contribution in [0.2, 0.25) is 0 Å². The molecule has 2 N–H and O–H groups in total. The molecule has 1 unspecified atom stereocenters. The number of piperidine rings is 1. The number of ketones is 1. The van der Waals surface area contributed by atoms with E-state index >= 15 is 0 Å². The number of carbonyl (C=O) groups is 2. The van der Waals surface area contributed by atoms with Gasteiger partial charge in [-0.2, -0.15) is 0 Å². The lowest BCUT2D eigenvalue weighted by Crippen LogP contribution is -2.45. The number of halogens is 1. The highest BCUT2D eigenvalue weighted by atomic mass is 35.5. The first-order valence-electron chi connectivity index (χ1n) is 6.78. The van der Waals surface area contributed by atoms with Crippen molar-refractivity contribution in [3.05, 3.63) is 35.9 Å². The fraction of sp³-hybridized carbons (Fsp3) is 0.467. The third-order valence-corrected chi connectivity index (χ3v) is 3.47. The van der Waals surface area contributed by atoms with Crippen LogP contribution in [0.5, 0.6) is 0 Å². The van der Waals surface area contributed by atoms with E-state index in [0.29, 0.717) is 12.1 Å². The maximum atomic E-state index is 12.0. The molecule has 1 amide bonds. The van der Waals surface area contributed by atoms with E-state index in [9.17, 15) is 9.59 Å². The number of carbonyl (C=O) groups excluding carboxylic acids is 2. The first kappa shape index (κ1) is 16.7. The van der Waals surface area contributed by atoms with Crippen LogP contribution in [0, 0.1) is 0 Å². The summed E-state index contributed by atoms with van der Waals surface area (Å²) >= 11 is 0. The maximum absolute atomic E-state index is 12.0. The largest absolute Gasteiger partial charge is 0.341 e. The molecule has 0 bridgehead atoms. The van der Waals surface area contributed by atoms with Crippen LogP contribution >= 0.6 is 12.4 Å². The van der Waals surface area contributed by atoms with Crippen molar-refractivity contribution in [2.75, 3.05) is 13.1 Å². The van der Waals surface area contributed by atoms with Gasteiger partial charge >= 0.3 is 0 Å². The number of rotatable bonds is 4. The standard InChI is InChI=1S/C15H20N2O2.ClH/c16-13-7-4-10-17(11-13)15(19)9-8-14(18)12-5-2-1-3-6-12;/h1-3,5-6,13H,4,7-11,16H2;1H. The molecular formula is C15H21ClN2O2.